The van der Waals surface area contributed by atoms with E-state index in [0.29, 0.717) is 26.1 Å². The molecule has 1 spiro atoms. The molecule has 0 N–H and O–H groups in total. The predicted octanol–water partition coefficient (Wildman–Crippen LogP) is 3.02. The van der Waals surface area contributed by atoms with Gasteiger partial charge < -0.3 is 4.90 Å². The monoisotopic (exact) mass is 390 g/mol. The summed E-state index contributed by atoms with van der Waals surface area (Å²) >= 11 is 1.57. The lowest BCUT2D eigenvalue weighted by molar-refractivity contribution is -0.117. The lowest BCUT2D eigenvalue weighted by Crippen LogP contribution is -2.34. The average Bonchev–Trinajstić information content (AvgIpc) is 3.30. The van der Waals surface area contributed by atoms with Crippen LogP contribution < -0.4 is 4.90 Å². The van der Waals surface area contributed by atoms with Crippen LogP contribution in [0.25, 0.3) is 0 Å². The maximum atomic E-state index is 12.8. The van der Waals surface area contributed by atoms with Gasteiger partial charge in [0.25, 0.3) is 0 Å². The van der Waals surface area contributed by atoms with Gasteiger partial charge >= 0.3 is 0 Å². The quantitative estimate of drug-likeness (QED) is 0.806. The molecule has 2 aliphatic rings. The number of benzene rings is 1. The van der Waals surface area contributed by atoms with Gasteiger partial charge in [-0.05, 0) is 30.4 Å². The highest BCUT2D eigenvalue weighted by Gasteiger charge is 2.50. The number of hydrogen-bond acceptors (Lipinski definition) is 4. The first kappa shape index (κ1) is 17.7. The Bertz CT molecular complexity index is 907. The molecule has 1 atom stereocenters. The second kappa shape index (κ2) is 6.48. The van der Waals surface area contributed by atoms with Crippen LogP contribution >= 0.6 is 11.3 Å². The molecule has 5 nitrogen and oxygen atoms in total. The molecule has 7 heteroatoms. The fourth-order valence-corrected chi connectivity index (χ4v) is 6.21. The second-order valence-corrected chi connectivity index (χ2v) is 10.2. The zero-order valence-corrected chi connectivity index (χ0v) is 16.4. The number of rotatable bonds is 4. The number of carbonyl (C=O) groups is 1. The summed E-state index contributed by atoms with van der Waals surface area (Å²) in [6.07, 6.45) is 1.17. The third-order valence-corrected chi connectivity index (χ3v) is 7.87. The topological polar surface area (TPSA) is 57.7 Å². The van der Waals surface area contributed by atoms with Gasteiger partial charge in [-0.1, -0.05) is 29.8 Å². The Morgan fingerprint density at radius 3 is 2.62 bits per heavy atom. The Morgan fingerprint density at radius 2 is 1.92 bits per heavy atom. The first-order chi connectivity index (χ1) is 12.4. The van der Waals surface area contributed by atoms with Crippen molar-refractivity contribution in [1.29, 1.82) is 0 Å². The highest BCUT2D eigenvalue weighted by molar-refractivity contribution is 7.88. The minimum Gasteiger partial charge on any atom is -0.311 e. The van der Waals surface area contributed by atoms with Crippen LogP contribution in [0.5, 0.6) is 0 Å². The van der Waals surface area contributed by atoms with Crippen LogP contribution in [0.4, 0.5) is 5.69 Å². The molecular formula is C19H22N2O3S2. The minimum atomic E-state index is -3.37. The third-order valence-electron chi connectivity index (χ3n) is 5.40. The number of anilines is 1. The predicted molar refractivity (Wildman–Crippen MR) is 104 cm³/mol. The van der Waals surface area contributed by atoms with E-state index in [4.69, 9.17) is 0 Å². The number of nitrogens with zero attached hydrogens (tertiary/aromatic N) is 2. The molecule has 0 aliphatic carbocycles. The Balaban J connectivity index is 1.48. The van der Waals surface area contributed by atoms with Crippen molar-refractivity contribution in [2.75, 3.05) is 24.5 Å². The Kier molecular flexibility index (Phi) is 4.41. The van der Waals surface area contributed by atoms with Crippen molar-refractivity contribution in [1.82, 2.24) is 4.31 Å². The molecule has 2 aromatic rings. The lowest BCUT2D eigenvalue weighted by Gasteiger charge is -2.23. The fourth-order valence-electron chi connectivity index (χ4n) is 3.93. The van der Waals surface area contributed by atoms with Crippen molar-refractivity contribution in [3.8, 4) is 0 Å². The standard InChI is InChI=1S/C19H22N2O3S2/c1-15-2-4-16(5-3-15)12-26(23,24)20-8-7-19(13-20)10-18(22)21(14-19)17-6-9-25-11-17/h2-6,9,11H,7-8,10,12-14H2,1H3. The zero-order valence-electron chi connectivity index (χ0n) is 14.7. The number of sulfonamides is 1. The van der Waals surface area contributed by atoms with Gasteiger partial charge in [-0.15, -0.1) is 0 Å². The maximum absolute atomic E-state index is 12.8. The van der Waals surface area contributed by atoms with E-state index in [0.717, 1.165) is 23.2 Å². The van der Waals surface area contributed by atoms with Crippen molar-refractivity contribution in [2.45, 2.75) is 25.5 Å². The van der Waals surface area contributed by atoms with Crippen LogP contribution in [-0.2, 0) is 20.6 Å². The number of hydrogen-bond donors (Lipinski definition) is 0. The van der Waals surface area contributed by atoms with Crippen molar-refractivity contribution in [2.24, 2.45) is 5.41 Å². The van der Waals surface area contributed by atoms with Crippen LogP contribution in [-0.4, -0.2) is 38.3 Å². The average molecular weight is 391 g/mol. The summed E-state index contributed by atoms with van der Waals surface area (Å²) in [4.78, 5) is 14.3. The van der Waals surface area contributed by atoms with E-state index in [1.165, 1.54) is 0 Å². The summed E-state index contributed by atoms with van der Waals surface area (Å²) in [5, 5.41) is 3.93. The smallest absolute Gasteiger partial charge is 0.227 e. The molecule has 0 bridgehead atoms. The molecule has 1 aromatic heterocycles. The van der Waals surface area contributed by atoms with Crippen LogP contribution in [0.3, 0.4) is 0 Å². The summed E-state index contributed by atoms with van der Waals surface area (Å²) in [6.45, 7) is 3.53. The van der Waals surface area contributed by atoms with Gasteiger partial charge in [0.2, 0.25) is 15.9 Å². The Hall–Kier alpha value is -1.70. The van der Waals surface area contributed by atoms with E-state index < -0.39 is 10.0 Å². The fraction of sp³-hybridized carbons (Fsp3) is 0.421. The van der Waals surface area contributed by atoms with Gasteiger partial charge in [0.05, 0.1) is 11.4 Å². The van der Waals surface area contributed by atoms with Crippen LogP contribution in [0.2, 0.25) is 0 Å². The summed E-state index contributed by atoms with van der Waals surface area (Å²) < 4.78 is 27.3. The molecular weight excluding hydrogens is 368 g/mol. The number of amides is 1. The van der Waals surface area contributed by atoms with Crippen molar-refractivity contribution in [3.05, 3.63) is 52.2 Å². The van der Waals surface area contributed by atoms with E-state index in [2.05, 4.69) is 0 Å². The van der Waals surface area contributed by atoms with Gasteiger partial charge in [0, 0.05) is 36.9 Å². The normalized spacial score (nSPS) is 24.0. The molecule has 1 aromatic carbocycles. The van der Waals surface area contributed by atoms with Crippen molar-refractivity contribution < 1.29 is 13.2 Å². The zero-order chi connectivity index (χ0) is 18.4. The maximum Gasteiger partial charge on any atom is 0.227 e. The second-order valence-electron chi connectivity index (χ2n) is 7.46. The number of thiophene rings is 1. The summed E-state index contributed by atoms with van der Waals surface area (Å²) in [6, 6.07) is 9.56. The van der Waals surface area contributed by atoms with Crippen LogP contribution in [0, 0.1) is 12.3 Å². The van der Waals surface area contributed by atoms with Gasteiger partial charge in [-0.3, -0.25) is 4.79 Å². The molecule has 1 amide bonds. The van der Waals surface area contributed by atoms with Gasteiger partial charge in [-0.2, -0.15) is 11.3 Å². The van der Waals surface area contributed by atoms with Gasteiger partial charge in [-0.25, -0.2) is 12.7 Å². The Morgan fingerprint density at radius 1 is 1.15 bits per heavy atom. The van der Waals surface area contributed by atoms with Crippen molar-refractivity contribution >= 4 is 33.0 Å². The molecule has 1 unspecified atom stereocenters. The van der Waals surface area contributed by atoms with E-state index >= 15 is 0 Å². The first-order valence-corrected chi connectivity index (χ1v) is 11.3. The van der Waals surface area contributed by atoms with E-state index in [1.807, 2.05) is 52.9 Å². The largest absolute Gasteiger partial charge is 0.311 e. The number of aryl methyl sites for hydroxylation is 1. The van der Waals surface area contributed by atoms with Gasteiger partial charge in [0.15, 0.2) is 0 Å². The van der Waals surface area contributed by atoms with Crippen LogP contribution in [0.1, 0.15) is 24.0 Å². The minimum absolute atomic E-state index is 0.0194. The van der Waals surface area contributed by atoms with Crippen molar-refractivity contribution in [3.63, 3.8) is 0 Å². The highest BCUT2D eigenvalue weighted by atomic mass is 32.2. The molecule has 0 radical (unpaired) electrons. The first-order valence-electron chi connectivity index (χ1n) is 8.73. The van der Waals surface area contributed by atoms with E-state index in [-0.39, 0.29) is 17.1 Å². The molecule has 138 valence electrons. The molecule has 26 heavy (non-hydrogen) atoms. The molecule has 2 aliphatic heterocycles. The van der Waals surface area contributed by atoms with Crippen LogP contribution in [0.15, 0.2) is 41.1 Å². The molecule has 3 heterocycles. The van der Waals surface area contributed by atoms with Gasteiger partial charge in [0.1, 0.15) is 0 Å². The third kappa shape index (κ3) is 3.31. The molecule has 2 saturated heterocycles. The summed E-state index contributed by atoms with van der Waals surface area (Å²) in [5.41, 5.74) is 2.60. The van der Waals surface area contributed by atoms with E-state index in [1.54, 1.807) is 15.6 Å². The van der Waals surface area contributed by atoms with E-state index in [9.17, 15) is 13.2 Å². The number of carbonyl (C=O) groups excluding carboxylic acids is 1. The lowest BCUT2D eigenvalue weighted by atomic mass is 9.86. The molecule has 2 fully saturated rings. The summed E-state index contributed by atoms with van der Waals surface area (Å²) in [5.74, 6) is 0.118. The highest BCUT2D eigenvalue weighted by Crippen LogP contribution is 2.43. The molecule has 4 rings (SSSR count). The summed E-state index contributed by atoms with van der Waals surface area (Å²) in [7, 11) is -3.37. The Labute approximate surface area is 158 Å². The SMILES string of the molecule is Cc1ccc(CS(=O)(=O)N2CCC3(CC(=O)N(c4ccsc4)C3)C2)cc1. The molecule has 0 saturated carbocycles.